The molecule has 7 heteroatoms. The van der Waals surface area contributed by atoms with Gasteiger partial charge in [-0.15, -0.1) is 0 Å². The predicted octanol–water partition coefficient (Wildman–Crippen LogP) is 4.30. The Kier molecular flexibility index (Phi) is 8.74. The van der Waals surface area contributed by atoms with Gasteiger partial charge in [0.1, 0.15) is 0 Å². The highest BCUT2D eigenvalue weighted by Gasteiger charge is 2.28. The summed E-state index contributed by atoms with van der Waals surface area (Å²) in [6.45, 7) is 12.2. The van der Waals surface area contributed by atoms with Gasteiger partial charge in [-0.1, -0.05) is 61.5 Å². The van der Waals surface area contributed by atoms with Gasteiger partial charge in [0, 0.05) is 37.3 Å². The molecule has 1 saturated heterocycles. The molecule has 0 saturated carbocycles. The van der Waals surface area contributed by atoms with Crippen LogP contribution in [-0.4, -0.2) is 53.7 Å². The van der Waals surface area contributed by atoms with Gasteiger partial charge in [0.2, 0.25) is 11.7 Å². The molecule has 2 heterocycles. The van der Waals surface area contributed by atoms with Crippen LogP contribution in [0.25, 0.3) is 11.4 Å². The number of benzene rings is 2. The fourth-order valence-corrected chi connectivity index (χ4v) is 3.49. The maximum absolute atomic E-state index is 12.6. The van der Waals surface area contributed by atoms with Crippen LogP contribution < -0.4 is 5.32 Å². The van der Waals surface area contributed by atoms with Crippen LogP contribution in [0.1, 0.15) is 49.5 Å². The molecule has 1 aliphatic heterocycles. The van der Waals surface area contributed by atoms with Crippen LogP contribution in [0.4, 0.5) is 0 Å². The third-order valence-corrected chi connectivity index (χ3v) is 5.37. The van der Waals surface area contributed by atoms with Gasteiger partial charge in [0.25, 0.3) is 5.91 Å². The van der Waals surface area contributed by atoms with E-state index in [1.165, 1.54) is 0 Å². The topological polar surface area (TPSA) is 80.5 Å². The number of rotatable bonds is 7. The monoisotopic (exact) mass is 450 g/mol. The summed E-state index contributed by atoms with van der Waals surface area (Å²) in [7, 11) is 0. The van der Waals surface area contributed by atoms with Gasteiger partial charge in [-0.2, -0.15) is 4.98 Å². The Bertz CT molecular complexity index is 994. The smallest absolute Gasteiger partial charge is 0.253 e. The number of amides is 1. The Hall–Kier alpha value is -3.03. The molecule has 1 aliphatic rings. The van der Waals surface area contributed by atoms with Gasteiger partial charge in [0.15, 0.2) is 0 Å². The maximum Gasteiger partial charge on any atom is 0.253 e. The quantitative estimate of drug-likeness (QED) is 0.578. The Morgan fingerprint density at radius 1 is 1.06 bits per heavy atom. The second kappa shape index (κ2) is 11.7. The molecule has 0 radical (unpaired) electrons. The van der Waals surface area contributed by atoms with E-state index in [0.29, 0.717) is 30.5 Å². The van der Waals surface area contributed by atoms with Crippen molar-refractivity contribution >= 4 is 5.91 Å². The van der Waals surface area contributed by atoms with Crippen LogP contribution in [0.5, 0.6) is 0 Å². The van der Waals surface area contributed by atoms with E-state index in [0.717, 1.165) is 37.3 Å². The number of carbonyl (C=O) groups excluding carboxylic acids is 1. The highest BCUT2D eigenvalue weighted by atomic mass is 16.5. The molecule has 7 nitrogen and oxygen atoms in total. The summed E-state index contributed by atoms with van der Waals surface area (Å²) in [5, 5.41) is 7.40. The lowest BCUT2D eigenvalue weighted by atomic mass is 9.95. The lowest BCUT2D eigenvalue weighted by molar-refractivity contribution is 0.0704. The third-order valence-electron chi connectivity index (χ3n) is 5.37. The lowest BCUT2D eigenvalue weighted by Crippen LogP contribution is -2.46. The third kappa shape index (κ3) is 6.49. The summed E-state index contributed by atoms with van der Waals surface area (Å²) < 4.78 is 11.4. The number of carbonyl (C=O) groups is 1. The summed E-state index contributed by atoms with van der Waals surface area (Å²) in [5.74, 6) is 1.09. The number of hydrogen-bond donors (Lipinski definition) is 1. The molecule has 0 unspecified atom stereocenters. The van der Waals surface area contributed by atoms with E-state index >= 15 is 0 Å². The van der Waals surface area contributed by atoms with E-state index in [9.17, 15) is 4.79 Å². The summed E-state index contributed by atoms with van der Waals surface area (Å²) in [6, 6.07) is 17.4. The van der Waals surface area contributed by atoms with E-state index in [4.69, 9.17) is 9.26 Å². The molecular formula is C26H34N4O3. The van der Waals surface area contributed by atoms with Crippen molar-refractivity contribution in [2.24, 2.45) is 0 Å². The zero-order valence-corrected chi connectivity index (χ0v) is 20.0. The first-order chi connectivity index (χ1) is 16.0. The molecule has 0 atom stereocenters. The lowest BCUT2D eigenvalue weighted by Gasteiger charge is -2.27. The van der Waals surface area contributed by atoms with E-state index in [-0.39, 0.29) is 5.91 Å². The standard InChI is InChI=1S/C24H28N4O3.C2H6/c1-24(2,17-30-16-18-6-4-3-5-7-18)23-26-21(27-31-23)19-8-10-20(11-9-19)22(29)28-14-12-25-13-15-28;1-2/h3-11,25H,12-17H2,1-2H3;1-2H3. The van der Waals surface area contributed by atoms with Crippen molar-refractivity contribution in [3.05, 3.63) is 71.6 Å². The van der Waals surface area contributed by atoms with Crippen LogP contribution in [0.3, 0.4) is 0 Å². The molecule has 33 heavy (non-hydrogen) atoms. The van der Waals surface area contributed by atoms with E-state index < -0.39 is 5.41 Å². The number of hydrogen-bond acceptors (Lipinski definition) is 6. The molecule has 176 valence electrons. The van der Waals surface area contributed by atoms with Crippen molar-refractivity contribution in [3.63, 3.8) is 0 Å². The Morgan fingerprint density at radius 3 is 2.39 bits per heavy atom. The average molecular weight is 451 g/mol. The number of nitrogens with zero attached hydrogens (tertiary/aromatic N) is 3. The SMILES string of the molecule is CC.CC(C)(COCc1ccccc1)c1nc(-c2ccc(C(=O)N3CCNCC3)cc2)no1. The number of aromatic nitrogens is 2. The van der Waals surface area contributed by atoms with Crippen molar-refractivity contribution in [1.29, 1.82) is 0 Å². The zero-order valence-electron chi connectivity index (χ0n) is 20.0. The fraction of sp³-hybridized carbons (Fsp3) is 0.423. The fourth-order valence-electron chi connectivity index (χ4n) is 3.49. The summed E-state index contributed by atoms with van der Waals surface area (Å²) in [5.41, 5.74) is 2.19. The summed E-state index contributed by atoms with van der Waals surface area (Å²) in [6.07, 6.45) is 0. The molecule has 1 amide bonds. The summed E-state index contributed by atoms with van der Waals surface area (Å²) in [4.78, 5) is 19.1. The first-order valence-corrected chi connectivity index (χ1v) is 11.6. The summed E-state index contributed by atoms with van der Waals surface area (Å²) >= 11 is 0. The number of nitrogens with one attached hydrogen (secondary N) is 1. The van der Waals surface area contributed by atoms with Crippen LogP contribution >= 0.6 is 0 Å². The van der Waals surface area contributed by atoms with Crippen molar-refractivity contribution in [1.82, 2.24) is 20.4 Å². The second-order valence-corrected chi connectivity index (χ2v) is 8.40. The first-order valence-electron chi connectivity index (χ1n) is 11.6. The van der Waals surface area contributed by atoms with Gasteiger partial charge in [0.05, 0.1) is 18.6 Å². The Labute approximate surface area is 196 Å². The number of piperazine rings is 1. The van der Waals surface area contributed by atoms with Gasteiger partial charge in [-0.25, -0.2) is 0 Å². The highest BCUT2D eigenvalue weighted by molar-refractivity contribution is 5.94. The second-order valence-electron chi connectivity index (χ2n) is 8.40. The molecular weight excluding hydrogens is 416 g/mol. The van der Waals surface area contributed by atoms with E-state index in [1.54, 1.807) is 0 Å². The van der Waals surface area contributed by atoms with Gasteiger partial charge >= 0.3 is 0 Å². The van der Waals surface area contributed by atoms with Crippen LogP contribution in [0.15, 0.2) is 59.1 Å². The van der Waals surface area contributed by atoms with Crippen LogP contribution in [-0.2, 0) is 16.8 Å². The van der Waals surface area contributed by atoms with Gasteiger partial charge in [-0.05, 0) is 31.5 Å². The van der Waals surface area contributed by atoms with Gasteiger partial charge < -0.3 is 19.5 Å². The minimum Gasteiger partial charge on any atom is -0.376 e. The predicted molar refractivity (Wildman–Crippen MR) is 129 cm³/mol. The van der Waals surface area contributed by atoms with Crippen molar-refractivity contribution in [3.8, 4) is 11.4 Å². The Morgan fingerprint density at radius 2 is 1.73 bits per heavy atom. The van der Waals surface area contributed by atoms with Crippen molar-refractivity contribution in [2.75, 3.05) is 32.8 Å². The largest absolute Gasteiger partial charge is 0.376 e. The minimum atomic E-state index is -0.418. The molecule has 1 aromatic heterocycles. The molecule has 1 N–H and O–H groups in total. The molecule has 4 rings (SSSR count). The first kappa shape index (κ1) is 24.6. The zero-order chi connectivity index (χ0) is 23.7. The van der Waals surface area contributed by atoms with E-state index in [1.807, 2.05) is 87.2 Å². The molecule has 2 aromatic carbocycles. The molecule has 1 fully saturated rings. The normalized spacial score (nSPS) is 13.9. The average Bonchev–Trinajstić information content (AvgIpc) is 3.38. The van der Waals surface area contributed by atoms with E-state index in [2.05, 4.69) is 15.5 Å². The minimum absolute atomic E-state index is 0.0542. The maximum atomic E-state index is 12.6. The molecule has 0 bridgehead atoms. The highest BCUT2D eigenvalue weighted by Crippen LogP contribution is 2.25. The van der Waals surface area contributed by atoms with Gasteiger partial charge in [-0.3, -0.25) is 4.79 Å². The molecule has 0 aliphatic carbocycles. The van der Waals surface area contributed by atoms with Crippen LogP contribution in [0.2, 0.25) is 0 Å². The number of ether oxygens (including phenoxy) is 1. The van der Waals surface area contributed by atoms with Crippen molar-refractivity contribution < 1.29 is 14.1 Å². The van der Waals surface area contributed by atoms with Crippen molar-refractivity contribution in [2.45, 2.75) is 39.7 Å². The molecule has 3 aromatic rings. The Balaban J connectivity index is 0.00000149. The molecule has 0 spiro atoms. The van der Waals surface area contributed by atoms with Crippen LogP contribution in [0, 0.1) is 0 Å².